The normalized spacial score (nSPS) is 14.0. The molecule has 1 aliphatic heterocycles. The van der Waals surface area contributed by atoms with Crippen LogP contribution in [0.5, 0.6) is 0 Å². The molecular weight excluding hydrogens is 396 g/mol. The minimum absolute atomic E-state index is 0.264. The monoisotopic (exact) mass is 416 g/mol. The minimum atomic E-state index is -0.595. The van der Waals surface area contributed by atoms with Crippen molar-refractivity contribution < 1.29 is 4.79 Å². The van der Waals surface area contributed by atoms with Crippen LogP contribution in [0.2, 0.25) is 5.02 Å². The third kappa shape index (κ3) is 3.42. The Morgan fingerprint density at radius 3 is 2.66 bits per heavy atom. The fraction of sp³-hybridized carbons (Fsp3) is 0.368. The van der Waals surface area contributed by atoms with Gasteiger partial charge in [0.15, 0.2) is 11.2 Å². The van der Waals surface area contributed by atoms with Crippen LogP contribution in [0.3, 0.4) is 0 Å². The number of anilines is 2. The first-order chi connectivity index (χ1) is 13.9. The zero-order chi connectivity index (χ0) is 20.7. The molecule has 1 aliphatic rings. The Morgan fingerprint density at radius 2 is 1.93 bits per heavy atom. The summed E-state index contributed by atoms with van der Waals surface area (Å²) in [4.78, 5) is 44.4. The van der Waals surface area contributed by atoms with Gasteiger partial charge in [-0.1, -0.05) is 11.6 Å². The summed E-state index contributed by atoms with van der Waals surface area (Å²) in [6.07, 6.45) is 3.64. The molecule has 0 bridgehead atoms. The van der Waals surface area contributed by atoms with Crippen LogP contribution in [0.15, 0.2) is 34.1 Å². The Balaban J connectivity index is 1.67. The lowest BCUT2D eigenvalue weighted by atomic mass is 10.2. The number of carbonyl (C=O) groups excluding carboxylic acids is 1. The number of hydrogen-bond acceptors (Lipinski definition) is 5. The van der Waals surface area contributed by atoms with Crippen molar-refractivity contribution in [3.8, 4) is 0 Å². The molecule has 1 fully saturated rings. The summed E-state index contributed by atoms with van der Waals surface area (Å²) in [6, 6.07) is 5.33. The summed E-state index contributed by atoms with van der Waals surface area (Å²) >= 11 is 6.12. The number of carbonyl (C=O) groups is 1. The zero-order valence-corrected chi connectivity index (χ0v) is 16.9. The molecular formula is C19H21ClN6O3. The fourth-order valence-corrected chi connectivity index (χ4v) is 3.88. The lowest BCUT2D eigenvalue weighted by molar-refractivity contribution is -0.116. The van der Waals surface area contributed by atoms with E-state index in [1.807, 2.05) is 6.07 Å². The van der Waals surface area contributed by atoms with Crippen molar-refractivity contribution in [2.45, 2.75) is 19.4 Å². The van der Waals surface area contributed by atoms with Crippen molar-refractivity contribution in [1.82, 2.24) is 18.7 Å². The molecule has 4 rings (SSSR count). The molecule has 3 aromatic rings. The van der Waals surface area contributed by atoms with E-state index < -0.39 is 23.7 Å². The van der Waals surface area contributed by atoms with E-state index in [1.165, 1.54) is 22.5 Å². The molecule has 0 aliphatic carbocycles. The van der Waals surface area contributed by atoms with Gasteiger partial charge < -0.3 is 14.8 Å². The van der Waals surface area contributed by atoms with Gasteiger partial charge in [0.05, 0.1) is 17.7 Å². The summed E-state index contributed by atoms with van der Waals surface area (Å²) in [6.45, 7) is 1.40. The first-order valence-corrected chi connectivity index (χ1v) is 9.70. The summed E-state index contributed by atoms with van der Waals surface area (Å²) in [5.41, 5.74) is 0.843. The van der Waals surface area contributed by atoms with Crippen molar-refractivity contribution in [1.29, 1.82) is 0 Å². The van der Waals surface area contributed by atoms with Gasteiger partial charge in [-0.15, -0.1) is 0 Å². The molecule has 0 spiro atoms. The van der Waals surface area contributed by atoms with E-state index in [4.69, 9.17) is 11.6 Å². The van der Waals surface area contributed by atoms with Crippen molar-refractivity contribution in [3.63, 3.8) is 0 Å². The van der Waals surface area contributed by atoms with Gasteiger partial charge in [0.25, 0.3) is 5.56 Å². The predicted octanol–water partition coefficient (Wildman–Crippen LogP) is 1.33. The fourth-order valence-electron chi connectivity index (χ4n) is 3.71. The molecule has 29 heavy (non-hydrogen) atoms. The maximum atomic E-state index is 12.8. The highest BCUT2D eigenvalue weighted by molar-refractivity contribution is 6.31. The van der Waals surface area contributed by atoms with E-state index in [-0.39, 0.29) is 11.2 Å². The highest BCUT2D eigenvalue weighted by Gasteiger charge is 2.20. The van der Waals surface area contributed by atoms with Crippen LogP contribution in [-0.4, -0.2) is 37.7 Å². The summed E-state index contributed by atoms with van der Waals surface area (Å²) in [7, 11) is 3.19. The molecule has 0 atom stereocenters. The van der Waals surface area contributed by atoms with E-state index in [0.29, 0.717) is 10.7 Å². The molecule has 0 unspecified atom stereocenters. The van der Waals surface area contributed by atoms with Gasteiger partial charge in [0.2, 0.25) is 5.91 Å². The molecule has 1 aromatic carbocycles. The maximum Gasteiger partial charge on any atom is 0.332 e. The van der Waals surface area contributed by atoms with Gasteiger partial charge >= 0.3 is 5.69 Å². The average Bonchev–Trinajstić information content (AvgIpc) is 3.34. The maximum absolute atomic E-state index is 12.8. The Bertz CT molecular complexity index is 1220. The lowest BCUT2D eigenvalue weighted by Crippen LogP contribution is -2.42. The number of amides is 1. The SMILES string of the molecule is Cn1cnc2c1c(=O)n(CC(=O)Nc1cc(Cl)ccc1N1CCCC1)c(=O)n2C. The lowest BCUT2D eigenvalue weighted by Gasteiger charge is -2.22. The number of fused-ring (bicyclic) bond motifs is 1. The van der Waals surface area contributed by atoms with Crippen molar-refractivity contribution >= 4 is 40.0 Å². The number of halogens is 1. The van der Waals surface area contributed by atoms with E-state index in [1.54, 1.807) is 19.2 Å². The van der Waals surface area contributed by atoms with Gasteiger partial charge in [-0.25, -0.2) is 14.3 Å². The number of nitrogens with one attached hydrogen (secondary N) is 1. The van der Waals surface area contributed by atoms with Gasteiger partial charge in [-0.05, 0) is 31.0 Å². The van der Waals surface area contributed by atoms with Crippen LogP contribution >= 0.6 is 11.6 Å². The van der Waals surface area contributed by atoms with E-state index >= 15 is 0 Å². The number of aryl methyl sites for hydroxylation is 2. The second kappa shape index (κ2) is 7.40. The first kappa shape index (κ1) is 19.3. The first-order valence-electron chi connectivity index (χ1n) is 9.32. The number of imidazole rings is 1. The summed E-state index contributed by atoms with van der Waals surface area (Å²) in [5, 5.41) is 3.30. The molecule has 2 aromatic heterocycles. The third-order valence-corrected chi connectivity index (χ3v) is 5.42. The van der Waals surface area contributed by atoms with Gasteiger partial charge in [-0.3, -0.25) is 14.2 Å². The molecule has 3 heterocycles. The second-order valence-corrected chi connectivity index (χ2v) is 7.60. The number of benzene rings is 1. The van der Waals surface area contributed by atoms with Crippen LogP contribution < -0.4 is 21.5 Å². The Hall–Kier alpha value is -3.07. The van der Waals surface area contributed by atoms with Gasteiger partial charge in [0.1, 0.15) is 6.54 Å². The van der Waals surface area contributed by atoms with Crippen molar-refractivity contribution in [2.75, 3.05) is 23.3 Å². The zero-order valence-electron chi connectivity index (χ0n) is 16.2. The van der Waals surface area contributed by atoms with Gasteiger partial charge in [-0.2, -0.15) is 0 Å². The Kier molecular flexibility index (Phi) is 4.91. The van der Waals surface area contributed by atoms with Crippen molar-refractivity contribution in [2.24, 2.45) is 14.1 Å². The minimum Gasteiger partial charge on any atom is -0.370 e. The van der Waals surface area contributed by atoms with Crippen LogP contribution in [-0.2, 0) is 25.4 Å². The topological polar surface area (TPSA) is 94.2 Å². The summed E-state index contributed by atoms with van der Waals surface area (Å²) < 4.78 is 3.71. The smallest absolute Gasteiger partial charge is 0.332 e. The molecule has 10 heteroatoms. The highest BCUT2D eigenvalue weighted by Crippen LogP contribution is 2.31. The van der Waals surface area contributed by atoms with Gasteiger partial charge in [0, 0.05) is 32.2 Å². The largest absolute Gasteiger partial charge is 0.370 e. The standard InChI is InChI=1S/C19H21ClN6O3/c1-23-11-21-17-16(23)18(28)26(19(29)24(17)2)10-15(27)22-13-9-12(20)5-6-14(13)25-7-3-4-8-25/h5-6,9,11H,3-4,7-8,10H2,1-2H3,(H,22,27). The highest BCUT2D eigenvalue weighted by atomic mass is 35.5. The predicted molar refractivity (Wildman–Crippen MR) is 112 cm³/mol. The van der Waals surface area contributed by atoms with Crippen LogP contribution in [0, 0.1) is 0 Å². The molecule has 0 saturated carbocycles. The average molecular weight is 417 g/mol. The molecule has 1 amide bonds. The van der Waals surface area contributed by atoms with Crippen molar-refractivity contribution in [3.05, 3.63) is 50.4 Å². The number of hydrogen-bond donors (Lipinski definition) is 1. The Morgan fingerprint density at radius 1 is 1.21 bits per heavy atom. The molecule has 1 N–H and O–H groups in total. The molecule has 152 valence electrons. The Labute approximate surface area is 171 Å². The summed E-state index contributed by atoms with van der Waals surface area (Å²) in [5.74, 6) is -0.478. The van der Waals surface area contributed by atoms with E-state index in [0.717, 1.165) is 36.2 Å². The van der Waals surface area contributed by atoms with Crippen LogP contribution in [0.25, 0.3) is 11.2 Å². The van der Waals surface area contributed by atoms with E-state index in [2.05, 4.69) is 15.2 Å². The van der Waals surface area contributed by atoms with Crippen LogP contribution in [0.1, 0.15) is 12.8 Å². The number of rotatable bonds is 4. The molecule has 0 radical (unpaired) electrons. The second-order valence-electron chi connectivity index (χ2n) is 7.16. The van der Waals surface area contributed by atoms with E-state index in [9.17, 15) is 14.4 Å². The number of nitrogens with zero attached hydrogens (tertiary/aromatic N) is 5. The third-order valence-electron chi connectivity index (χ3n) is 5.18. The molecule has 1 saturated heterocycles. The quantitative estimate of drug-likeness (QED) is 0.692. The number of aromatic nitrogens is 4. The van der Waals surface area contributed by atoms with Crippen LogP contribution in [0.4, 0.5) is 11.4 Å². The molecule has 9 nitrogen and oxygen atoms in total.